The van der Waals surface area contributed by atoms with Crippen LogP contribution in [0.25, 0.3) is 22.4 Å². The summed E-state index contributed by atoms with van der Waals surface area (Å²) in [6.07, 6.45) is 11.1. The van der Waals surface area contributed by atoms with E-state index in [0.717, 1.165) is 42.0 Å². The van der Waals surface area contributed by atoms with E-state index in [4.69, 9.17) is 9.84 Å². The second-order valence-corrected chi connectivity index (χ2v) is 6.12. The minimum Gasteiger partial charge on any atom is -0.376 e. The number of benzene rings is 1. The van der Waals surface area contributed by atoms with Gasteiger partial charge in [0.15, 0.2) is 0 Å². The smallest absolute Gasteiger partial charge is 0.115 e. The predicted molar refractivity (Wildman–Crippen MR) is 92.3 cm³/mol. The Hall–Kier alpha value is -2.53. The van der Waals surface area contributed by atoms with Gasteiger partial charge in [0, 0.05) is 36.3 Å². The van der Waals surface area contributed by atoms with Crippen LogP contribution in [-0.4, -0.2) is 32.5 Å². The molecule has 0 amide bonds. The second-order valence-electron chi connectivity index (χ2n) is 6.12. The van der Waals surface area contributed by atoms with Gasteiger partial charge in [0.2, 0.25) is 0 Å². The molecule has 3 heterocycles. The van der Waals surface area contributed by atoms with E-state index in [1.165, 1.54) is 12.8 Å². The Bertz CT molecular complexity index is 794. The second kappa shape index (κ2) is 6.93. The predicted octanol–water partition coefficient (Wildman–Crippen LogP) is 3.58. The van der Waals surface area contributed by atoms with Crippen LogP contribution in [0.1, 0.15) is 19.3 Å². The van der Waals surface area contributed by atoms with Gasteiger partial charge in [-0.15, -0.1) is 0 Å². The van der Waals surface area contributed by atoms with Gasteiger partial charge in [-0.05, 0) is 37.0 Å². The molecule has 1 aliphatic rings. The Labute approximate surface area is 141 Å². The van der Waals surface area contributed by atoms with Gasteiger partial charge in [0.1, 0.15) is 6.33 Å². The summed E-state index contributed by atoms with van der Waals surface area (Å²) in [4.78, 5) is 8.18. The van der Waals surface area contributed by atoms with Crippen LogP contribution < -0.4 is 0 Å². The zero-order valence-electron chi connectivity index (χ0n) is 13.5. The molecule has 0 aliphatic carbocycles. The standard InChI is InChI=1S/C19H20N4O/c1-2-9-24-18(6-1)13-23-8-7-19(22-23)16-5-3-4-15(10-16)17-11-20-14-21-12-17/h3-5,7-8,10-12,14,18H,1-2,6,9,13H2/t18-/m0/s1. The van der Waals surface area contributed by atoms with E-state index in [-0.39, 0.29) is 0 Å². The van der Waals surface area contributed by atoms with Gasteiger partial charge in [0.05, 0.1) is 18.3 Å². The van der Waals surface area contributed by atoms with Gasteiger partial charge in [-0.2, -0.15) is 5.10 Å². The molecule has 1 aromatic carbocycles. The Morgan fingerprint density at radius 2 is 1.92 bits per heavy atom. The minimum atomic E-state index is 0.291. The first-order valence-corrected chi connectivity index (χ1v) is 8.39. The van der Waals surface area contributed by atoms with Crippen LogP contribution in [0.15, 0.2) is 55.2 Å². The summed E-state index contributed by atoms with van der Waals surface area (Å²) in [7, 11) is 0. The van der Waals surface area contributed by atoms with Crippen molar-refractivity contribution >= 4 is 0 Å². The summed E-state index contributed by atoms with van der Waals surface area (Å²) < 4.78 is 7.79. The number of rotatable bonds is 4. The fraction of sp³-hybridized carbons (Fsp3) is 0.316. The Balaban J connectivity index is 1.54. The molecule has 0 radical (unpaired) electrons. The van der Waals surface area contributed by atoms with Crippen molar-refractivity contribution in [3.05, 3.63) is 55.2 Å². The van der Waals surface area contributed by atoms with Crippen molar-refractivity contribution < 1.29 is 4.74 Å². The van der Waals surface area contributed by atoms with Gasteiger partial charge in [-0.1, -0.05) is 18.2 Å². The average molecular weight is 320 g/mol. The number of ether oxygens (including phenoxy) is 1. The molecule has 122 valence electrons. The van der Waals surface area contributed by atoms with Crippen molar-refractivity contribution in [3.63, 3.8) is 0 Å². The van der Waals surface area contributed by atoms with Crippen molar-refractivity contribution in [1.29, 1.82) is 0 Å². The Kier molecular flexibility index (Phi) is 4.34. The third-order valence-corrected chi connectivity index (χ3v) is 4.36. The maximum Gasteiger partial charge on any atom is 0.115 e. The zero-order valence-corrected chi connectivity index (χ0v) is 13.5. The third-order valence-electron chi connectivity index (χ3n) is 4.36. The normalized spacial score (nSPS) is 17.8. The lowest BCUT2D eigenvalue weighted by molar-refractivity contribution is 0.00403. The van der Waals surface area contributed by atoms with E-state index in [1.807, 2.05) is 29.3 Å². The maximum atomic E-state index is 5.80. The van der Waals surface area contributed by atoms with Gasteiger partial charge >= 0.3 is 0 Å². The molecule has 2 aromatic heterocycles. The van der Waals surface area contributed by atoms with Gasteiger partial charge in [-0.25, -0.2) is 9.97 Å². The van der Waals surface area contributed by atoms with E-state index in [2.05, 4.69) is 34.2 Å². The molecule has 5 nitrogen and oxygen atoms in total. The summed E-state index contributed by atoms with van der Waals surface area (Å²) in [5, 5.41) is 4.71. The van der Waals surface area contributed by atoms with Crippen molar-refractivity contribution in [2.45, 2.75) is 31.9 Å². The highest BCUT2D eigenvalue weighted by molar-refractivity contribution is 5.70. The summed E-state index contributed by atoms with van der Waals surface area (Å²) in [5.74, 6) is 0. The molecule has 1 saturated heterocycles. The molecule has 0 spiro atoms. The van der Waals surface area contributed by atoms with Crippen LogP contribution in [0, 0.1) is 0 Å². The molecule has 4 rings (SSSR count). The quantitative estimate of drug-likeness (QED) is 0.737. The molecule has 0 bridgehead atoms. The van der Waals surface area contributed by atoms with E-state index in [0.29, 0.717) is 6.10 Å². The van der Waals surface area contributed by atoms with E-state index >= 15 is 0 Å². The molecule has 1 fully saturated rings. The molecule has 24 heavy (non-hydrogen) atoms. The van der Waals surface area contributed by atoms with E-state index < -0.39 is 0 Å². The maximum absolute atomic E-state index is 5.80. The van der Waals surface area contributed by atoms with Crippen LogP contribution in [0.4, 0.5) is 0 Å². The molecular formula is C19H20N4O. The first kappa shape index (κ1) is 15.0. The van der Waals surface area contributed by atoms with Crippen LogP contribution in [-0.2, 0) is 11.3 Å². The summed E-state index contributed by atoms with van der Waals surface area (Å²) in [6, 6.07) is 10.4. The van der Waals surface area contributed by atoms with Crippen LogP contribution in [0.3, 0.4) is 0 Å². The van der Waals surface area contributed by atoms with Gasteiger partial charge in [0.25, 0.3) is 0 Å². The molecule has 1 atom stereocenters. The number of aromatic nitrogens is 4. The number of nitrogens with zero attached hydrogens (tertiary/aromatic N) is 4. The Morgan fingerprint density at radius 1 is 1.04 bits per heavy atom. The molecule has 0 unspecified atom stereocenters. The van der Waals surface area contributed by atoms with Crippen molar-refractivity contribution in [2.24, 2.45) is 0 Å². The first-order chi connectivity index (χ1) is 11.9. The molecule has 3 aromatic rings. The molecular weight excluding hydrogens is 300 g/mol. The van der Waals surface area contributed by atoms with Crippen LogP contribution in [0.5, 0.6) is 0 Å². The lowest BCUT2D eigenvalue weighted by atomic mass is 10.0. The highest BCUT2D eigenvalue weighted by Gasteiger charge is 2.15. The van der Waals surface area contributed by atoms with Crippen molar-refractivity contribution in [2.75, 3.05) is 6.61 Å². The number of hydrogen-bond donors (Lipinski definition) is 0. The molecule has 1 aliphatic heterocycles. The van der Waals surface area contributed by atoms with E-state index in [9.17, 15) is 0 Å². The van der Waals surface area contributed by atoms with Gasteiger partial charge < -0.3 is 4.74 Å². The van der Waals surface area contributed by atoms with Gasteiger partial charge in [-0.3, -0.25) is 4.68 Å². The number of hydrogen-bond acceptors (Lipinski definition) is 4. The highest BCUT2D eigenvalue weighted by Crippen LogP contribution is 2.24. The first-order valence-electron chi connectivity index (χ1n) is 8.39. The fourth-order valence-electron chi connectivity index (χ4n) is 3.08. The molecule has 0 saturated carbocycles. The largest absolute Gasteiger partial charge is 0.376 e. The molecule has 0 N–H and O–H groups in total. The minimum absolute atomic E-state index is 0.291. The topological polar surface area (TPSA) is 52.8 Å². The van der Waals surface area contributed by atoms with Crippen molar-refractivity contribution in [3.8, 4) is 22.4 Å². The monoisotopic (exact) mass is 320 g/mol. The SMILES string of the molecule is c1cc(-c2cncnc2)cc(-c2ccn(C[C@@H]3CCCCO3)n2)c1. The zero-order chi connectivity index (χ0) is 16.2. The van der Waals surface area contributed by atoms with Crippen LogP contribution >= 0.6 is 0 Å². The van der Waals surface area contributed by atoms with Crippen molar-refractivity contribution in [1.82, 2.24) is 19.7 Å². The highest BCUT2D eigenvalue weighted by atomic mass is 16.5. The summed E-state index contributed by atoms with van der Waals surface area (Å²) in [5.41, 5.74) is 4.18. The Morgan fingerprint density at radius 3 is 2.75 bits per heavy atom. The van der Waals surface area contributed by atoms with E-state index in [1.54, 1.807) is 6.33 Å². The lowest BCUT2D eigenvalue weighted by Crippen LogP contribution is -2.24. The summed E-state index contributed by atoms with van der Waals surface area (Å²) in [6.45, 7) is 1.70. The molecule has 5 heteroatoms. The summed E-state index contributed by atoms with van der Waals surface area (Å²) >= 11 is 0. The fourth-order valence-corrected chi connectivity index (χ4v) is 3.08. The van der Waals surface area contributed by atoms with Crippen LogP contribution in [0.2, 0.25) is 0 Å². The average Bonchev–Trinajstić information content (AvgIpc) is 3.12. The third kappa shape index (κ3) is 3.36. The lowest BCUT2D eigenvalue weighted by Gasteiger charge is -2.22.